The van der Waals surface area contributed by atoms with E-state index in [0.717, 1.165) is 12.3 Å². The van der Waals surface area contributed by atoms with E-state index in [0.29, 0.717) is 0 Å². The molecule has 210 valence electrons. The molecule has 0 radical (unpaired) electrons. The van der Waals surface area contributed by atoms with Crippen LogP contribution < -0.4 is 32.7 Å². The van der Waals surface area contributed by atoms with Crippen molar-refractivity contribution in [1.29, 1.82) is 0 Å². The number of benzene rings is 4. The Balaban J connectivity index is 0.000000249. The Labute approximate surface area is 254 Å². The number of hydrogen-bond acceptors (Lipinski definition) is 2. The fourth-order valence-electron chi connectivity index (χ4n) is 3.91. The van der Waals surface area contributed by atoms with Gasteiger partial charge in [0, 0.05) is 11.1 Å². The minimum absolute atomic E-state index is 0.141. The van der Waals surface area contributed by atoms with E-state index in [2.05, 4.69) is 149 Å². The summed E-state index contributed by atoms with van der Waals surface area (Å²) < 4.78 is 0. The molecule has 0 amide bonds. The van der Waals surface area contributed by atoms with Gasteiger partial charge in [0.2, 0.25) is 0 Å². The van der Waals surface area contributed by atoms with Crippen LogP contribution in [0.1, 0.15) is 27.7 Å². The molecule has 2 nitrogen and oxygen atoms in total. The van der Waals surface area contributed by atoms with E-state index in [1.54, 1.807) is 0 Å². The summed E-state index contributed by atoms with van der Waals surface area (Å²) in [5, 5.41) is 5.60. The van der Waals surface area contributed by atoms with Gasteiger partial charge in [-0.3, -0.25) is 0 Å². The molecule has 4 aromatic rings. The third-order valence-corrected chi connectivity index (χ3v) is 11.4. The van der Waals surface area contributed by atoms with Crippen LogP contribution in [0.4, 0.5) is 0 Å². The molecule has 0 bridgehead atoms. The Morgan fingerprint density at radius 2 is 0.667 bits per heavy atom. The molecule has 7 heteroatoms. The molecule has 4 aromatic carbocycles. The third-order valence-electron chi connectivity index (χ3n) is 5.40. The van der Waals surface area contributed by atoms with Crippen LogP contribution in [0.3, 0.4) is 0 Å². The minimum atomic E-state index is -0.364. The van der Waals surface area contributed by atoms with Gasteiger partial charge < -0.3 is 11.5 Å². The quantitative estimate of drug-likeness (QED) is 0.154. The van der Waals surface area contributed by atoms with Crippen molar-refractivity contribution in [1.82, 2.24) is 0 Å². The van der Waals surface area contributed by atoms with E-state index >= 15 is 0 Å². The number of rotatable bonds is 8. The monoisotopic (exact) mass is 686 g/mol. The Kier molecular flexibility index (Phi) is 15.4. The summed E-state index contributed by atoms with van der Waals surface area (Å²) in [6, 6.07) is 42.8. The molecule has 0 heterocycles. The molecule has 0 fully saturated rings. The fraction of sp³-hybridized carbons (Fsp3) is 0.250. The summed E-state index contributed by atoms with van der Waals surface area (Å²) in [4.78, 5) is 0. The van der Waals surface area contributed by atoms with E-state index in [9.17, 15) is 0 Å². The summed E-state index contributed by atoms with van der Waals surface area (Å²) in [6.07, 6.45) is 2.02. The van der Waals surface area contributed by atoms with E-state index in [1.807, 2.05) is 0 Å². The molecule has 0 aliphatic heterocycles. The van der Waals surface area contributed by atoms with Crippen molar-refractivity contribution in [2.24, 2.45) is 11.5 Å². The maximum atomic E-state index is 6.23. The molecule has 4 N–H and O–H groups in total. The van der Waals surface area contributed by atoms with Crippen LogP contribution >= 0.6 is 35.2 Å². The van der Waals surface area contributed by atoms with Gasteiger partial charge in [-0.2, -0.15) is 0 Å². The first kappa shape index (κ1) is 34.1. The maximum absolute atomic E-state index is 6.23. The van der Waals surface area contributed by atoms with Gasteiger partial charge in [-0.1, -0.05) is 121 Å². The zero-order valence-electron chi connectivity index (χ0n) is 23.1. The average Bonchev–Trinajstić information content (AvgIpc) is 2.92. The first-order chi connectivity index (χ1) is 18.5. The van der Waals surface area contributed by atoms with Crippen molar-refractivity contribution in [3.05, 3.63) is 121 Å². The first-order valence-corrected chi connectivity index (χ1v) is 20.3. The zero-order valence-corrected chi connectivity index (χ0v) is 28.2. The molecular weight excluding hydrogens is 646 g/mol. The zero-order chi connectivity index (χ0) is 28.7. The summed E-state index contributed by atoms with van der Waals surface area (Å²) >= 11 is -0.346. The summed E-state index contributed by atoms with van der Waals surface area (Å²) in [7, 11) is 8.98. The molecule has 39 heavy (non-hydrogen) atoms. The van der Waals surface area contributed by atoms with Gasteiger partial charge in [-0.25, -0.2) is 0 Å². The molecule has 0 aromatic heterocycles. The predicted octanol–water partition coefficient (Wildman–Crippen LogP) is 7.09. The predicted molar refractivity (Wildman–Crippen MR) is 176 cm³/mol. The molecule has 0 unspecified atom stereocenters. The van der Waals surface area contributed by atoms with Crippen LogP contribution in [0.15, 0.2) is 121 Å². The molecule has 0 aliphatic rings. The van der Waals surface area contributed by atoms with Gasteiger partial charge >= 0.3 is 34.5 Å². The number of nitrogens with two attached hydrogens (primary N) is 2. The Morgan fingerprint density at radius 3 is 0.821 bits per heavy atom. The molecular formula is C32H40Cl2N2P2Ru. The summed E-state index contributed by atoms with van der Waals surface area (Å²) in [5.41, 5.74) is 12.2. The Hall–Kier alpha value is -1.14. The van der Waals surface area contributed by atoms with E-state index in [4.69, 9.17) is 30.8 Å². The SMILES string of the molecule is CC(C)(N)CP(c1ccccc1)c1ccccc1.CC(C)(N)CP(c1ccccc1)c1ccccc1.[Cl][Ru][Cl]. The van der Waals surface area contributed by atoms with Crippen molar-refractivity contribution < 1.29 is 15.1 Å². The Morgan fingerprint density at radius 1 is 0.487 bits per heavy atom. The fourth-order valence-corrected chi connectivity index (χ4v) is 8.99. The summed E-state index contributed by atoms with van der Waals surface area (Å²) in [6.45, 7) is 8.42. The second-order valence-electron chi connectivity index (χ2n) is 10.5. The van der Waals surface area contributed by atoms with Crippen molar-refractivity contribution >= 4 is 56.4 Å². The van der Waals surface area contributed by atoms with Gasteiger partial charge in [-0.15, -0.1) is 0 Å². The number of halogens is 2. The Bertz CT molecular complexity index is 997. The molecule has 0 spiro atoms. The molecule has 4 rings (SSSR count). The van der Waals surface area contributed by atoms with Crippen LogP contribution in [-0.4, -0.2) is 23.4 Å². The van der Waals surface area contributed by atoms with Gasteiger partial charge in [0.05, 0.1) is 0 Å². The first-order valence-electron chi connectivity index (χ1n) is 12.7. The van der Waals surface area contributed by atoms with E-state index in [1.165, 1.54) is 21.2 Å². The molecule has 0 aliphatic carbocycles. The van der Waals surface area contributed by atoms with Crippen molar-refractivity contribution in [2.45, 2.75) is 38.8 Å². The van der Waals surface area contributed by atoms with Crippen LogP contribution in [0, 0.1) is 0 Å². The second kappa shape index (κ2) is 17.6. The van der Waals surface area contributed by atoms with Crippen LogP contribution in [-0.2, 0) is 15.1 Å². The third kappa shape index (κ3) is 13.9. The second-order valence-corrected chi connectivity index (χ2v) is 17.6. The topological polar surface area (TPSA) is 52.0 Å². The van der Waals surface area contributed by atoms with Crippen molar-refractivity contribution in [3.8, 4) is 0 Å². The van der Waals surface area contributed by atoms with Gasteiger partial charge in [0.15, 0.2) is 0 Å². The van der Waals surface area contributed by atoms with Gasteiger partial charge in [0.1, 0.15) is 0 Å². The number of hydrogen-bond donors (Lipinski definition) is 2. The normalized spacial score (nSPS) is 11.4. The van der Waals surface area contributed by atoms with Crippen LogP contribution in [0.25, 0.3) is 0 Å². The van der Waals surface area contributed by atoms with Crippen molar-refractivity contribution in [2.75, 3.05) is 12.3 Å². The molecule has 0 saturated heterocycles. The van der Waals surface area contributed by atoms with Crippen LogP contribution in [0.5, 0.6) is 0 Å². The van der Waals surface area contributed by atoms with Gasteiger partial charge in [0.25, 0.3) is 0 Å². The van der Waals surface area contributed by atoms with Gasteiger partial charge in [-0.05, 0) is 77.1 Å². The van der Waals surface area contributed by atoms with E-state index in [-0.39, 0.29) is 42.1 Å². The molecule has 0 atom stereocenters. The standard InChI is InChI=1S/2C16H20NP.2ClH.Ru/c2*1-16(2,17)13-18(14-9-5-3-6-10-14)15-11-7-4-8-12-15;;;/h2*3-12H,13,17H2,1-2H3;2*1H;/q;;;;+2/p-2. The van der Waals surface area contributed by atoms with Crippen LogP contribution in [0.2, 0.25) is 0 Å². The van der Waals surface area contributed by atoms with Crippen molar-refractivity contribution in [3.63, 3.8) is 0 Å². The average molecular weight is 687 g/mol. The van der Waals surface area contributed by atoms with E-state index < -0.39 is 0 Å². The molecule has 0 saturated carbocycles. The summed E-state index contributed by atoms with van der Waals surface area (Å²) in [5.74, 6) is 0.